The van der Waals surface area contributed by atoms with E-state index in [4.69, 9.17) is 10.7 Å². The topological polar surface area (TPSA) is 91.1 Å². The van der Waals surface area contributed by atoms with Crippen molar-refractivity contribution >= 4 is 5.82 Å². The van der Waals surface area contributed by atoms with Gasteiger partial charge < -0.3 is 16.0 Å². The summed E-state index contributed by atoms with van der Waals surface area (Å²) in [7, 11) is 0. The molecule has 0 bridgehead atoms. The summed E-state index contributed by atoms with van der Waals surface area (Å²) in [6.45, 7) is 5.03. The van der Waals surface area contributed by atoms with Gasteiger partial charge in [-0.15, -0.1) is 0 Å². The Morgan fingerprint density at radius 3 is 2.97 bits per heavy atom. The van der Waals surface area contributed by atoms with Crippen LogP contribution in [0.2, 0.25) is 0 Å². The van der Waals surface area contributed by atoms with Crippen LogP contribution in [-0.2, 0) is 0 Å². The molecule has 7 heteroatoms. The molecule has 5 N–H and O–H groups in total. The van der Waals surface area contributed by atoms with Gasteiger partial charge in [-0.3, -0.25) is 10.4 Å². The SMILES string of the molecule is Cc1ccc(C2NNC3CNC(c4cccnc4)CC32)nc1N1CCC[C@@H](N)C1. The molecule has 3 saturated heterocycles. The molecule has 2 aromatic heterocycles. The van der Waals surface area contributed by atoms with Gasteiger partial charge in [0.25, 0.3) is 0 Å². The number of aryl methyl sites for hydroxylation is 1. The van der Waals surface area contributed by atoms with E-state index in [1.54, 1.807) is 0 Å². The summed E-state index contributed by atoms with van der Waals surface area (Å²) in [4.78, 5) is 11.8. The van der Waals surface area contributed by atoms with Crippen molar-refractivity contribution in [3.05, 3.63) is 53.5 Å². The van der Waals surface area contributed by atoms with Crippen molar-refractivity contribution in [2.75, 3.05) is 24.5 Å². The molecule has 0 amide bonds. The number of fused-ring (bicyclic) bond motifs is 1. The second kappa shape index (κ2) is 7.99. The molecule has 154 valence electrons. The molecule has 3 aliphatic heterocycles. The van der Waals surface area contributed by atoms with E-state index in [1.165, 1.54) is 11.1 Å². The zero-order chi connectivity index (χ0) is 19.8. The Labute approximate surface area is 172 Å². The number of nitrogens with one attached hydrogen (secondary N) is 3. The largest absolute Gasteiger partial charge is 0.355 e. The molecule has 0 radical (unpaired) electrons. The van der Waals surface area contributed by atoms with Crippen LogP contribution in [0.15, 0.2) is 36.7 Å². The average molecular weight is 394 g/mol. The van der Waals surface area contributed by atoms with E-state index < -0.39 is 0 Å². The van der Waals surface area contributed by atoms with Crippen LogP contribution in [0.5, 0.6) is 0 Å². The van der Waals surface area contributed by atoms with E-state index in [0.717, 1.165) is 50.4 Å². The Bertz CT molecular complexity index is 842. The normalized spacial score (nSPS) is 32.2. The predicted octanol–water partition coefficient (Wildman–Crippen LogP) is 1.58. The molecule has 4 unspecified atom stereocenters. The van der Waals surface area contributed by atoms with Gasteiger partial charge in [0.2, 0.25) is 0 Å². The predicted molar refractivity (Wildman–Crippen MR) is 114 cm³/mol. The molecule has 29 heavy (non-hydrogen) atoms. The van der Waals surface area contributed by atoms with Crippen LogP contribution in [-0.4, -0.2) is 41.7 Å². The van der Waals surface area contributed by atoms with Crippen LogP contribution in [0, 0.1) is 12.8 Å². The van der Waals surface area contributed by atoms with Crippen molar-refractivity contribution in [1.82, 2.24) is 26.1 Å². The molecular formula is C22H31N7. The van der Waals surface area contributed by atoms with E-state index in [-0.39, 0.29) is 12.1 Å². The summed E-state index contributed by atoms with van der Waals surface area (Å²) >= 11 is 0. The summed E-state index contributed by atoms with van der Waals surface area (Å²) in [5.41, 5.74) is 16.9. The number of hydrogen-bond acceptors (Lipinski definition) is 7. The maximum absolute atomic E-state index is 6.23. The monoisotopic (exact) mass is 393 g/mol. The zero-order valence-electron chi connectivity index (χ0n) is 17.0. The third kappa shape index (κ3) is 3.75. The van der Waals surface area contributed by atoms with E-state index in [9.17, 15) is 0 Å². The minimum atomic E-state index is 0.207. The van der Waals surface area contributed by atoms with Crippen LogP contribution in [0.1, 0.15) is 48.2 Å². The summed E-state index contributed by atoms with van der Waals surface area (Å²) in [5.74, 6) is 1.58. The van der Waals surface area contributed by atoms with Crippen LogP contribution in [0.4, 0.5) is 5.82 Å². The Hall–Kier alpha value is -2.06. The van der Waals surface area contributed by atoms with Crippen molar-refractivity contribution in [3.63, 3.8) is 0 Å². The number of nitrogens with two attached hydrogens (primary N) is 1. The molecule has 7 nitrogen and oxygen atoms in total. The van der Waals surface area contributed by atoms with Crippen molar-refractivity contribution in [3.8, 4) is 0 Å². The van der Waals surface area contributed by atoms with Crippen LogP contribution >= 0.6 is 0 Å². The summed E-state index contributed by atoms with van der Waals surface area (Å²) in [6, 6.07) is 9.77. The van der Waals surface area contributed by atoms with Crippen molar-refractivity contribution < 1.29 is 0 Å². The number of hydrazine groups is 1. The number of hydrogen-bond donors (Lipinski definition) is 4. The molecule has 5 atom stereocenters. The van der Waals surface area contributed by atoms with Crippen molar-refractivity contribution in [1.29, 1.82) is 0 Å². The molecule has 2 aromatic rings. The lowest BCUT2D eigenvalue weighted by Gasteiger charge is -2.35. The first kappa shape index (κ1) is 18.9. The molecule has 0 spiro atoms. The van der Waals surface area contributed by atoms with Crippen molar-refractivity contribution in [2.45, 2.75) is 50.4 Å². The Morgan fingerprint density at radius 1 is 1.21 bits per heavy atom. The summed E-state index contributed by atoms with van der Waals surface area (Å²) < 4.78 is 0. The second-order valence-corrected chi connectivity index (χ2v) is 8.74. The van der Waals surface area contributed by atoms with Gasteiger partial charge >= 0.3 is 0 Å². The van der Waals surface area contributed by atoms with E-state index in [1.807, 2.05) is 18.5 Å². The van der Waals surface area contributed by atoms with E-state index in [2.05, 4.69) is 51.2 Å². The first-order valence-electron chi connectivity index (χ1n) is 10.8. The maximum atomic E-state index is 6.23. The smallest absolute Gasteiger partial charge is 0.131 e. The molecule has 5 heterocycles. The van der Waals surface area contributed by atoms with Gasteiger partial charge in [-0.05, 0) is 49.4 Å². The van der Waals surface area contributed by atoms with E-state index in [0.29, 0.717) is 18.0 Å². The number of nitrogens with zero attached hydrogens (tertiary/aromatic N) is 3. The lowest BCUT2D eigenvalue weighted by atomic mass is 9.81. The van der Waals surface area contributed by atoms with Crippen LogP contribution < -0.4 is 26.8 Å². The lowest BCUT2D eigenvalue weighted by Crippen LogP contribution is -2.46. The van der Waals surface area contributed by atoms with Gasteiger partial charge in [-0.25, -0.2) is 10.4 Å². The molecule has 0 aromatic carbocycles. The van der Waals surface area contributed by atoms with Crippen molar-refractivity contribution in [2.24, 2.45) is 11.7 Å². The molecular weight excluding hydrogens is 362 g/mol. The fourth-order valence-electron chi connectivity index (χ4n) is 5.13. The van der Waals surface area contributed by atoms with Crippen LogP contribution in [0.25, 0.3) is 0 Å². The number of rotatable bonds is 3. The van der Waals surface area contributed by atoms with Gasteiger partial charge in [-0.1, -0.05) is 12.1 Å². The third-order valence-electron chi connectivity index (χ3n) is 6.72. The minimum absolute atomic E-state index is 0.207. The number of piperidine rings is 2. The Morgan fingerprint density at radius 2 is 2.14 bits per heavy atom. The standard InChI is InChI=1S/C22H31N7/c1-14-6-7-18(26-22(14)29-9-3-5-16(23)13-29)21-17-10-19(15-4-2-8-24-11-15)25-12-20(17)27-28-21/h2,4,6-8,11,16-17,19-21,25,27-28H,3,5,9-10,12-13,23H2,1H3/t16-,17?,19?,20?,21?/m1/s1. The molecule has 0 aliphatic carbocycles. The first-order chi connectivity index (χ1) is 14.2. The second-order valence-electron chi connectivity index (χ2n) is 8.74. The highest BCUT2D eigenvalue weighted by Gasteiger charge is 2.42. The summed E-state index contributed by atoms with van der Waals surface area (Å²) in [6.07, 6.45) is 7.11. The lowest BCUT2D eigenvalue weighted by molar-refractivity contribution is 0.265. The Kier molecular flexibility index (Phi) is 5.22. The van der Waals surface area contributed by atoms with Gasteiger partial charge in [0.15, 0.2) is 0 Å². The van der Waals surface area contributed by atoms with E-state index >= 15 is 0 Å². The highest BCUT2D eigenvalue weighted by atomic mass is 15.4. The highest BCUT2D eigenvalue weighted by molar-refractivity contribution is 5.48. The maximum Gasteiger partial charge on any atom is 0.131 e. The zero-order valence-corrected chi connectivity index (χ0v) is 17.0. The highest BCUT2D eigenvalue weighted by Crippen LogP contribution is 2.38. The fourth-order valence-corrected chi connectivity index (χ4v) is 5.13. The molecule has 5 rings (SSSR count). The molecule has 3 fully saturated rings. The number of pyridine rings is 2. The number of aromatic nitrogens is 2. The van der Waals surface area contributed by atoms with Gasteiger partial charge in [0, 0.05) is 56.1 Å². The first-order valence-corrected chi connectivity index (χ1v) is 10.8. The molecule has 0 saturated carbocycles. The van der Waals surface area contributed by atoms with Gasteiger partial charge in [-0.2, -0.15) is 0 Å². The Balaban J connectivity index is 1.38. The third-order valence-corrected chi connectivity index (χ3v) is 6.72. The quantitative estimate of drug-likeness (QED) is 0.629. The average Bonchev–Trinajstić information content (AvgIpc) is 3.18. The van der Waals surface area contributed by atoms with Gasteiger partial charge in [0.1, 0.15) is 5.82 Å². The minimum Gasteiger partial charge on any atom is -0.355 e. The molecule has 3 aliphatic rings. The summed E-state index contributed by atoms with van der Waals surface area (Å²) in [5, 5.41) is 3.67. The van der Waals surface area contributed by atoms with Crippen LogP contribution in [0.3, 0.4) is 0 Å². The number of anilines is 1. The van der Waals surface area contributed by atoms with Gasteiger partial charge in [0.05, 0.1) is 11.7 Å². The fraction of sp³-hybridized carbons (Fsp3) is 0.545.